The van der Waals surface area contributed by atoms with Crippen LogP contribution in [0, 0.1) is 17.6 Å². The lowest BCUT2D eigenvalue weighted by molar-refractivity contribution is -0.147. The van der Waals surface area contributed by atoms with Gasteiger partial charge in [-0.2, -0.15) is 0 Å². The van der Waals surface area contributed by atoms with E-state index in [1.807, 2.05) is 13.8 Å². The van der Waals surface area contributed by atoms with Gasteiger partial charge in [-0.15, -0.1) is 0 Å². The summed E-state index contributed by atoms with van der Waals surface area (Å²) in [6.45, 7) is 3.29. The number of benzene rings is 2. The Morgan fingerprint density at radius 3 is 2.47 bits per heavy atom. The van der Waals surface area contributed by atoms with Gasteiger partial charge in [0.15, 0.2) is 6.10 Å². The Labute approximate surface area is 207 Å². The zero-order valence-corrected chi connectivity index (χ0v) is 20.9. The molecule has 1 N–H and O–H groups in total. The Hall–Kier alpha value is -2.48. The lowest BCUT2D eigenvalue weighted by Crippen LogP contribution is -2.49. The van der Waals surface area contributed by atoms with E-state index in [4.69, 9.17) is 4.74 Å². The number of nitrogens with zero attached hydrogens (tertiary/aromatic N) is 1. The number of nitrogens with one attached hydrogen (secondary N) is 1. The minimum Gasteiger partial charge on any atom is -0.480 e. The van der Waals surface area contributed by atoms with Crippen LogP contribution in [0.3, 0.4) is 0 Å². The van der Waals surface area contributed by atoms with Crippen LogP contribution in [0.25, 0.3) is 0 Å². The zero-order chi connectivity index (χ0) is 24.4. The number of halogens is 3. The molecule has 0 radical (unpaired) electrons. The Bertz CT molecular complexity index is 1050. The maximum Gasteiger partial charge on any atom is 0.265 e. The normalized spacial score (nSPS) is 21.1. The van der Waals surface area contributed by atoms with E-state index in [9.17, 15) is 18.4 Å². The standard InChI is InChI=1S/C26H29BrF2N2O3/c1-15(2)24-26(33)31(14-19-20(28)9-6-10-21(19)29)23(18-13-16(27)11-12-22(18)34-24)25(32)30-17-7-4-3-5-8-17/h6,9-13,15,17,23-24H,3-5,7-8,14H2,1-2H3,(H,30,32). The van der Waals surface area contributed by atoms with Crippen LogP contribution in [-0.4, -0.2) is 28.9 Å². The van der Waals surface area contributed by atoms with Crippen molar-refractivity contribution in [2.45, 2.75) is 70.7 Å². The molecule has 2 aromatic rings. The molecular formula is C26H29BrF2N2O3. The largest absolute Gasteiger partial charge is 0.480 e. The summed E-state index contributed by atoms with van der Waals surface area (Å²) in [5.74, 6) is -2.19. The van der Waals surface area contributed by atoms with Crippen LogP contribution in [0.2, 0.25) is 0 Å². The molecule has 1 heterocycles. The summed E-state index contributed by atoms with van der Waals surface area (Å²) in [6, 6.07) is 7.73. The van der Waals surface area contributed by atoms with Crippen molar-refractivity contribution >= 4 is 27.7 Å². The van der Waals surface area contributed by atoms with Crippen LogP contribution in [0.5, 0.6) is 5.75 Å². The first-order valence-electron chi connectivity index (χ1n) is 11.8. The molecular weight excluding hydrogens is 506 g/mol. The summed E-state index contributed by atoms with van der Waals surface area (Å²) >= 11 is 3.45. The van der Waals surface area contributed by atoms with Gasteiger partial charge in [0.25, 0.3) is 5.91 Å². The summed E-state index contributed by atoms with van der Waals surface area (Å²) in [6.07, 6.45) is 4.02. The first kappa shape index (κ1) is 24.6. The molecule has 1 aliphatic carbocycles. The monoisotopic (exact) mass is 534 g/mol. The first-order valence-corrected chi connectivity index (χ1v) is 12.6. The summed E-state index contributed by atoms with van der Waals surface area (Å²) in [5, 5.41) is 3.10. The number of amides is 2. The Morgan fingerprint density at radius 1 is 1.15 bits per heavy atom. The highest BCUT2D eigenvalue weighted by atomic mass is 79.9. The smallest absolute Gasteiger partial charge is 0.265 e. The predicted octanol–water partition coefficient (Wildman–Crippen LogP) is 5.66. The molecule has 34 heavy (non-hydrogen) atoms. The molecule has 182 valence electrons. The fourth-order valence-electron chi connectivity index (χ4n) is 4.74. The molecule has 0 saturated heterocycles. The Balaban J connectivity index is 1.81. The van der Waals surface area contributed by atoms with Gasteiger partial charge in [0.2, 0.25) is 5.91 Å². The minimum absolute atomic E-state index is 0.00377. The summed E-state index contributed by atoms with van der Waals surface area (Å²) in [4.78, 5) is 28.7. The van der Waals surface area contributed by atoms with Crippen molar-refractivity contribution in [3.05, 3.63) is 63.6 Å². The highest BCUT2D eigenvalue weighted by Gasteiger charge is 2.43. The molecule has 2 aliphatic rings. The third-order valence-electron chi connectivity index (χ3n) is 6.55. The predicted molar refractivity (Wildman–Crippen MR) is 128 cm³/mol. The van der Waals surface area contributed by atoms with Crippen molar-refractivity contribution < 1.29 is 23.1 Å². The fraction of sp³-hybridized carbons (Fsp3) is 0.462. The number of fused-ring (bicyclic) bond motifs is 1. The number of hydrogen-bond donors (Lipinski definition) is 1. The number of carbonyl (C=O) groups is 2. The van der Waals surface area contributed by atoms with Crippen LogP contribution in [0.4, 0.5) is 8.78 Å². The van der Waals surface area contributed by atoms with E-state index < -0.39 is 36.2 Å². The average molecular weight is 535 g/mol. The maximum absolute atomic E-state index is 14.6. The third-order valence-corrected chi connectivity index (χ3v) is 7.05. The van der Waals surface area contributed by atoms with Crippen LogP contribution < -0.4 is 10.1 Å². The highest BCUT2D eigenvalue weighted by molar-refractivity contribution is 9.10. The van der Waals surface area contributed by atoms with Gasteiger partial charge in [0.05, 0.1) is 6.54 Å². The van der Waals surface area contributed by atoms with Gasteiger partial charge in [-0.25, -0.2) is 8.78 Å². The number of rotatable bonds is 5. The van der Waals surface area contributed by atoms with Crippen molar-refractivity contribution in [2.75, 3.05) is 0 Å². The van der Waals surface area contributed by atoms with E-state index in [2.05, 4.69) is 21.2 Å². The number of carbonyl (C=O) groups excluding carboxylic acids is 2. The highest BCUT2D eigenvalue weighted by Crippen LogP contribution is 2.39. The summed E-state index contributed by atoms with van der Waals surface area (Å²) in [5.41, 5.74) is 0.225. The van der Waals surface area contributed by atoms with E-state index in [1.54, 1.807) is 18.2 Å². The molecule has 0 bridgehead atoms. The van der Waals surface area contributed by atoms with Gasteiger partial charge in [-0.05, 0) is 49.1 Å². The molecule has 2 amide bonds. The second-order valence-electron chi connectivity index (χ2n) is 9.38. The van der Waals surface area contributed by atoms with E-state index in [1.165, 1.54) is 11.0 Å². The molecule has 1 saturated carbocycles. The van der Waals surface area contributed by atoms with Crippen LogP contribution in [0.15, 0.2) is 40.9 Å². The molecule has 1 aliphatic heterocycles. The Kier molecular flexibility index (Phi) is 7.55. The lowest BCUT2D eigenvalue weighted by atomic mass is 9.94. The molecule has 2 aromatic carbocycles. The molecule has 2 unspecified atom stereocenters. The van der Waals surface area contributed by atoms with Crippen LogP contribution in [-0.2, 0) is 16.1 Å². The van der Waals surface area contributed by atoms with Crippen molar-refractivity contribution in [3.8, 4) is 5.75 Å². The van der Waals surface area contributed by atoms with E-state index in [0.29, 0.717) is 15.8 Å². The number of ether oxygens (including phenoxy) is 1. The Morgan fingerprint density at radius 2 is 1.82 bits per heavy atom. The topological polar surface area (TPSA) is 58.6 Å². The quantitative estimate of drug-likeness (QED) is 0.538. The molecule has 4 rings (SSSR count). The molecule has 0 spiro atoms. The zero-order valence-electron chi connectivity index (χ0n) is 19.3. The molecule has 1 fully saturated rings. The van der Waals surface area contributed by atoms with Crippen molar-refractivity contribution in [1.82, 2.24) is 10.2 Å². The SMILES string of the molecule is CC(C)C1Oc2ccc(Br)cc2C(C(=O)NC2CCCCC2)N(Cc2c(F)cccc2F)C1=O. The molecule has 0 aromatic heterocycles. The van der Waals surface area contributed by atoms with Gasteiger partial charge in [-0.1, -0.05) is 55.1 Å². The summed E-state index contributed by atoms with van der Waals surface area (Å²) < 4.78 is 36.1. The van der Waals surface area contributed by atoms with Gasteiger partial charge < -0.3 is 15.0 Å². The molecule has 2 atom stereocenters. The van der Waals surface area contributed by atoms with Gasteiger partial charge in [0.1, 0.15) is 23.4 Å². The second-order valence-corrected chi connectivity index (χ2v) is 10.3. The van der Waals surface area contributed by atoms with Crippen LogP contribution in [0.1, 0.15) is 63.1 Å². The van der Waals surface area contributed by atoms with Gasteiger partial charge in [-0.3, -0.25) is 9.59 Å². The lowest BCUT2D eigenvalue weighted by Gasteiger charge is -2.33. The fourth-order valence-corrected chi connectivity index (χ4v) is 5.12. The maximum atomic E-state index is 14.6. The van der Waals surface area contributed by atoms with Crippen LogP contribution >= 0.6 is 15.9 Å². The van der Waals surface area contributed by atoms with E-state index >= 15 is 0 Å². The molecule has 8 heteroatoms. The van der Waals surface area contributed by atoms with Gasteiger partial charge >= 0.3 is 0 Å². The third kappa shape index (κ3) is 5.11. The van der Waals surface area contributed by atoms with Crippen molar-refractivity contribution in [2.24, 2.45) is 5.92 Å². The van der Waals surface area contributed by atoms with E-state index in [-0.39, 0.29) is 23.4 Å². The second kappa shape index (κ2) is 10.4. The molecule has 5 nitrogen and oxygen atoms in total. The first-order chi connectivity index (χ1) is 16.3. The van der Waals surface area contributed by atoms with E-state index in [0.717, 1.165) is 44.2 Å². The van der Waals surface area contributed by atoms with Crippen molar-refractivity contribution in [1.29, 1.82) is 0 Å². The number of hydrogen-bond acceptors (Lipinski definition) is 3. The van der Waals surface area contributed by atoms with Gasteiger partial charge in [0, 0.05) is 21.6 Å². The average Bonchev–Trinajstić information content (AvgIpc) is 2.91. The minimum atomic E-state index is -1.09. The summed E-state index contributed by atoms with van der Waals surface area (Å²) in [7, 11) is 0. The van der Waals surface area contributed by atoms with Crippen molar-refractivity contribution in [3.63, 3.8) is 0 Å².